The van der Waals surface area contributed by atoms with Crippen LogP contribution in [0.1, 0.15) is 52.1 Å². The Balaban J connectivity index is 1.62. The summed E-state index contributed by atoms with van der Waals surface area (Å²) in [6.45, 7) is 7.57. The first-order chi connectivity index (χ1) is 20.1. The molecule has 1 aromatic rings. The average molecular weight is 580 g/mol. The van der Waals surface area contributed by atoms with Gasteiger partial charge in [0, 0.05) is 19.0 Å². The van der Waals surface area contributed by atoms with E-state index in [1.165, 1.54) is 4.90 Å². The Hall–Kier alpha value is -3.50. The van der Waals surface area contributed by atoms with Crippen LogP contribution in [0, 0.1) is 17.8 Å². The molecule has 2 N–H and O–H groups in total. The van der Waals surface area contributed by atoms with Crippen LogP contribution in [0.4, 0.5) is 0 Å². The van der Waals surface area contributed by atoms with Crippen LogP contribution in [0.5, 0.6) is 0 Å². The maximum atomic E-state index is 14.5. The molecule has 1 aromatic carbocycles. The molecule has 4 aliphatic rings. The number of likely N-dealkylation sites (tertiary alicyclic amines) is 1. The number of rotatable bonds is 5. The van der Waals surface area contributed by atoms with Crippen molar-refractivity contribution in [1.82, 2.24) is 15.1 Å². The van der Waals surface area contributed by atoms with Crippen molar-refractivity contribution in [2.24, 2.45) is 17.8 Å². The van der Waals surface area contributed by atoms with E-state index in [0.717, 1.165) is 5.56 Å². The Morgan fingerprint density at radius 3 is 2.45 bits per heavy atom. The molecule has 4 aliphatic heterocycles. The highest BCUT2D eigenvalue weighted by Crippen LogP contribution is 2.53. The van der Waals surface area contributed by atoms with E-state index in [0.29, 0.717) is 13.0 Å². The van der Waals surface area contributed by atoms with Gasteiger partial charge < -0.3 is 29.7 Å². The first-order valence-corrected chi connectivity index (χ1v) is 14.9. The van der Waals surface area contributed by atoms with Crippen LogP contribution in [0.15, 0.2) is 54.6 Å². The molecule has 7 atom stereocenters. The number of cyclic esters (lactones) is 1. The van der Waals surface area contributed by atoms with E-state index in [1.54, 1.807) is 23.1 Å². The van der Waals surface area contributed by atoms with Crippen molar-refractivity contribution < 1.29 is 33.8 Å². The first-order valence-electron chi connectivity index (χ1n) is 14.9. The summed E-state index contributed by atoms with van der Waals surface area (Å²) in [7, 11) is 0. The molecule has 42 heavy (non-hydrogen) atoms. The Bertz CT molecular complexity index is 1260. The lowest BCUT2D eigenvalue weighted by Crippen LogP contribution is -2.59. The third kappa shape index (κ3) is 5.15. The predicted molar refractivity (Wildman–Crippen MR) is 154 cm³/mol. The molecule has 10 heteroatoms. The number of esters is 1. The molecule has 0 aliphatic carbocycles. The van der Waals surface area contributed by atoms with E-state index < -0.39 is 47.6 Å². The standard InChI is InChI=1S/C32H41N3O7/c1-19(2)23(17-36)35-28-31(40)34(20(3)4)16-10-15-32(28)27(30(35)39)26-24(42-32)13-8-9-14-25(37)41-18-22(33-29(26)38)21-11-6-5-7-12-21/h5-8,10-13,15,19-20,22-24,26-28,36H,9,14,16-18H2,1-4H3,(H,33,38)/b13-8-/t22-,23-,24+,26-,27-,28+,32-/m0/s1. The minimum Gasteiger partial charge on any atom is -0.463 e. The summed E-state index contributed by atoms with van der Waals surface area (Å²) in [6.07, 6.45) is 6.85. The van der Waals surface area contributed by atoms with E-state index in [1.807, 2.05) is 64.1 Å². The lowest BCUT2D eigenvalue weighted by Gasteiger charge is -2.40. The smallest absolute Gasteiger partial charge is 0.306 e. The van der Waals surface area contributed by atoms with Gasteiger partial charge in [0.1, 0.15) is 18.2 Å². The number of aliphatic hydroxyl groups excluding tert-OH is 1. The number of hydrogen-bond acceptors (Lipinski definition) is 7. The van der Waals surface area contributed by atoms with Crippen molar-refractivity contribution in [3.05, 3.63) is 60.2 Å². The highest BCUT2D eigenvalue weighted by atomic mass is 16.5. The topological polar surface area (TPSA) is 125 Å². The van der Waals surface area contributed by atoms with Crippen molar-refractivity contribution in [3.63, 3.8) is 0 Å². The van der Waals surface area contributed by atoms with E-state index in [-0.39, 0.29) is 49.4 Å². The molecule has 0 saturated carbocycles. The quantitative estimate of drug-likeness (QED) is 0.405. The molecule has 0 aromatic heterocycles. The minimum atomic E-state index is -1.41. The first kappa shape index (κ1) is 30.0. The highest BCUT2D eigenvalue weighted by molar-refractivity contribution is 6.00. The van der Waals surface area contributed by atoms with Crippen LogP contribution in [0.25, 0.3) is 0 Å². The number of amides is 3. The summed E-state index contributed by atoms with van der Waals surface area (Å²) in [4.78, 5) is 58.6. The molecule has 10 nitrogen and oxygen atoms in total. The van der Waals surface area contributed by atoms with Crippen LogP contribution in [-0.2, 0) is 28.7 Å². The minimum absolute atomic E-state index is 0.0588. The largest absolute Gasteiger partial charge is 0.463 e. The van der Waals surface area contributed by atoms with Gasteiger partial charge in [-0.3, -0.25) is 19.2 Å². The zero-order valence-electron chi connectivity index (χ0n) is 24.6. The fourth-order valence-corrected chi connectivity index (χ4v) is 6.84. The predicted octanol–water partition coefficient (Wildman–Crippen LogP) is 2.14. The van der Waals surface area contributed by atoms with Gasteiger partial charge in [-0.2, -0.15) is 0 Å². The molecule has 4 heterocycles. The number of carbonyl (C=O) groups is 4. The molecule has 0 radical (unpaired) electrons. The number of carbonyl (C=O) groups excluding carboxylic acids is 4. The summed E-state index contributed by atoms with van der Waals surface area (Å²) < 4.78 is 12.2. The van der Waals surface area contributed by atoms with Crippen molar-refractivity contribution in [3.8, 4) is 0 Å². The molecular formula is C32H41N3O7. The van der Waals surface area contributed by atoms with Gasteiger partial charge in [-0.25, -0.2) is 0 Å². The van der Waals surface area contributed by atoms with Crippen molar-refractivity contribution >= 4 is 23.7 Å². The van der Waals surface area contributed by atoms with Gasteiger partial charge in [-0.05, 0) is 31.7 Å². The number of fused-ring (bicyclic) bond motifs is 2. The Labute approximate surface area is 246 Å². The number of nitrogens with zero attached hydrogens (tertiary/aromatic N) is 2. The monoisotopic (exact) mass is 579 g/mol. The zero-order chi connectivity index (χ0) is 30.2. The van der Waals surface area contributed by atoms with Crippen LogP contribution in [0.3, 0.4) is 0 Å². The van der Waals surface area contributed by atoms with E-state index in [2.05, 4.69) is 5.32 Å². The molecule has 0 bridgehead atoms. The number of ether oxygens (including phenoxy) is 2. The highest BCUT2D eigenvalue weighted by Gasteiger charge is 2.72. The van der Waals surface area contributed by atoms with Gasteiger partial charge in [0.2, 0.25) is 17.7 Å². The summed E-state index contributed by atoms with van der Waals surface area (Å²) in [5.41, 5.74) is -0.655. The second kappa shape index (κ2) is 12.0. The lowest BCUT2D eigenvalue weighted by molar-refractivity contribution is -0.153. The lowest BCUT2D eigenvalue weighted by atomic mass is 9.77. The molecule has 2 fully saturated rings. The third-order valence-electron chi connectivity index (χ3n) is 8.97. The molecular weight excluding hydrogens is 538 g/mol. The summed E-state index contributed by atoms with van der Waals surface area (Å²) in [6, 6.07) is 6.75. The Morgan fingerprint density at radius 1 is 1.05 bits per heavy atom. The zero-order valence-corrected chi connectivity index (χ0v) is 24.6. The van der Waals surface area contributed by atoms with Crippen molar-refractivity contribution in [1.29, 1.82) is 0 Å². The number of benzene rings is 1. The summed E-state index contributed by atoms with van der Waals surface area (Å²) >= 11 is 0. The second-order valence-electron chi connectivity index (χ2n) is 12.2. The normalized spacial score (nSPS) is 33.3. The van der Waals surface area contributed by atoms with Gasteiger partial charge in [0.15, 0.2) is 0 Å². The molecule has 226 valence electrons. The van der Waals surface area contributed by atoms with Crippen LogP contribution >= 0.6 is 0 Å². The maximum Gasteiger partial charge on any atom is 0.306 e. The van der Waals surface area contributed by atoms with Gasteiger partial charge >= 0.3 is 5.97 Å². The third-order valence-corrected chi connectivity index (χ3v) is 8.97. The Morgan fingerprint density at radius 2 is 1.79 bits per heavy atom. The van der Waals surface area contributed by atoms with Crippen LogP contribution in [0.2, 0.25) is 0 Å². The van der Waals surface area contributed by atoms with E-state index >= 15 is 0 Å². The maximum absolute atomic E-state index is 14.5. The number of aliphatic hydroxyl groups is 1. The van der Waals surface area contributed by atoms with Gasteiger partial charge in [-0.1, -0.05) is 68.5 Å². The molecule has 2 saturated heterocycles. The Kier molecular flexibility index (Phi) is 8.57. The summed E-state index contributed by atoms with van der Waals surface area (Å²) in [5, 5.41) is 13.5. The number of allylic oxidation sites excluding steroid dienone is 1. The second-order valence-corrected chi connectivity index (χ2v) is 12.2. The molecule has 0 unspecified atom stereocenters. The fourth-order valence-electron chi connectivity index (χ4n) is 6.84. The molecule has 3 amide bonds. The van der Waals surface area contributed by atoms with E-state index in [9.17, 15) is 24.3 Å². The SMILES string of the molecule is CC(C)[C@H](CO)N1C(=O)[C@@H]2[C@H]3C(=O)N[C@H](c4ccccc4)COC(=O)CC/C=C\[C@H]3O[C@@]23C=CCN(C(C)C)C(=O)[C@@H]13. The summed E-state index contributed by atoms with van der Waals surface area (Å²) in [5.74, 6) is -3.58. The molecule has 1 spiro atoms. The van der Waals surface area contributed by atoms with E-state index in [4.69, 9.17) is 9.47 Å². The molecule has 5 rings (SSSR count). The number of nitrogens with one attached hydrogen (secondary N) is 1. The average Bonchev–Trinajstić information content (AvgIpc) is 3.34. The van der Waals surface area contributed by atoms with Gasteiger partial charge in [0.05, 0.1) is 36.6 Å². The van der Waals surface area contributed by atoms with Crippen LogP contribution < -0.4 is 5.32 Å². The van der Waals surface area contributed by atoms with Crippen molar-refractivity contribution in [2.45, 2.75) is 76.4 Å². The van der Waals surface area contributed by atoms with Gasteiger partial charge in [0.25, 0.3) is 0 Å². The number of hydrogen-bond donors (Lipinski definition) is 2. The van der Waals surface area contributed by atoms with Gasteiger partial charge in [-0.15, -0.1) is 0 Å². The fraction of sp³-hybridized carbons (Fsp3) is 0.562. The van der Waals surface area contributed by atoms with Crippen molar-refractivity contribution in [2.75, 3.05) is 19.8 Å². The van der Waals surface area contributed by atoms with Crippen LogP contribution in [-0.4, -0.2) is 88.2 Å².